The molecule has 0 aromatic heterocycles. The molecular weight excluding hydrogens is 369 g/mol. The van der Waals surface area contributed by atoms with Gasteiger partial charge in [-0.15, -0.1) is 0 Å². The molecule has 0 aromatic carbocycles. The average molecular weight is 398 g/mol. The van der Waals surface area contributed by atoms with Crippen LogP contribution in [-0.2, 0) is 34.1 Å². The van der Waals surface area contributed by atoms with Crippen molar-refractivity contribution in [1.82, 2.24) is 0 Å². The normalized spacial score (nSPS) is 10.1. The fourth-order valence-corrected chi connectivity index (χ4v) is 2.08. The second-order valence-electron chi connectivity index (χ2n) is 4.43. The maximum absolute atomic E-state index is 10.2. The zero-order valence-corrected chi connectivity index (χ0v) is 15.3. The van der Waals surface area contributed by atoms with Gasteiger partial charge in [-0.25, -0.2) is 4.18 Å². The molecule has 0 atom stereocenters. The van der Waals surface area contributed by atoms with Crippen LogP contribution >= 0.6 is 0 Å². The number of hydrogen-bond donors (Lipinski definition) is 1. The Morgan fingerprint density at radius 1 is 0.850 bits per heavy atom. The first-order valence-electron chi connectivity index (χ1n) is 6.68. The largest absolute Gasteiger partial charge is 0 e. The fourth-order valence-electron chi connectivity index (χ4n) is 1.75. The Labute approximate surface area is 189 Å². The molecule has 8 heteroatoms. The summed E-state index contributed by atoms with van der Waals surface area (Å²) in [6, 6.07) is 0. The van der Waals surface area contributed by atoms with E-state index in [0.717, 1.165) is 12.8 Å². The van der Waals surface area contributed by atoms with Crippen LogP contribution in [-0.4, -0.2) is 86.9 Å². The van der Waals surface area contributed by atoms with Crippen LogP contribution in [0.4, 0.5) is 0 Å². The minimum atomic E-state index is -4.23. The van der Waals surface area contributed by atoms with Gasteiger partial charge < -0.3 is 0 Å². The minimum Gasteiger partial charge on any atom is 0 e. The first-order chi connectivity index (χ1) is 8.06. The Balaban J connectivity index is -0.000000427. The van der Waals surface area contributed by atoms with Crippen LogP contribution in [0, 0.1) is 0 Å². The van der Waals surface area contributed by atoms with Crippen LogP contribution < -0.4 is 0 Å². The zero-order chi connectivity index (χ0) is 13.0. The summed E-state index contributed by atoms with van der Waals surface area (Å²) in [6.07, 6.45) is 11.9. The van der Waals surface area contributed by atoms with Gasteiger partial charge in [0.15, 0.2) is 0 Å². The van der Waals surface area contributed by atoms with E-state index in [2.05, 4.69) is 11.1 Å². The molecule has 4 nitrogen and oxygen atoms in total. The van der Waals surface area contributed by atoms with Crippen molar-refractivity contribution in [3.05, 3.63) is 0 Å². The third-order valence-corrected chi connectivity index (χ3v) is 3.19. The summed E-state index contributed by atoms with van der Waals surface area (Å²) in [5.41, 5.74) is 0. The van der Waals surface area contributed by atoms with Crippen LogP contribution in [0.5, 0.6) is 0 Å². The van der Waals surface area contributed by atoms with Crippen molar-refractivity contribution in [3.8, 4) is 0 Å². The Morgan fingerprint density at radius 2 is 1.20 bits per heavy atom. The topological polar surface area (TPSA) is 63.6 Å². The van der Waals surface area contributed by atoms with E-state index >= 15 is 0 Å². The third-order valence-electron chi connectivity index (χ3n) is 2.73. The monoisotopic (exact) mass is 396 g/mol. The van der Waals surface area contributed by atoms with Crippen molar-refractivity contribution in [3.63, 3.8) is 0 Å². The molecular formula is C12H29CaNaO4SZn. The van der Waals surface area contributed by atoms with E-state index in [9.17, 15) is 8.42 Å². The van der Waals surface area contributed by atoms with E-state index in [0.29, 0.717) is 6.42 Å². The number of hydrogen-bond acceptors (Lipinski definition) is 3. The van der Waals surface area contributed by atoms with Gasteiger partial charge >= 0.3 is 77.7 Å². The quantitative estimate of drug-likeness (QED) is 0.311. The molecule has 0 amide bonds. The molecule has 0 aliphatic carbocycles. The van der Waals surface area contributed by atoms with Crippen LogP contribution in [0.1, 0.15) is 71.1 Å². The summed E-state index contributed by atoms with van der Waals surface area (Å²) < 4.78 is 33.0. The van der Waals surface area contributed by atoms with Crippen molar-refractivity contribution < 1.29 is 36.6 Å². The molecule has 0 heterocycles. The molecule has 20 heavy (non-hydrogen) atoms. The van der Waals surface area contributed by atoms with Crippen LogP contribution in [0.2, 0.25) is 0 Å². The first kappa shape index (κ1) is 30.6. The van der Waals surface area contributed by atoms with Gasteiger partial charge in [-0.1, -0.05) is 64.7 Å². The van der Waals surface area contributed by atoms with Crippen LogP contribution in [0.15, 0.2) is 0 Å². The molecule has 0 unspecified atom stereocenters. The van der Waals surface area contributed by atoms with Crippen LogP contribution in [0.3, 0.4) is 0 Å². The third kappa shape index (κ3) is 28.9. The van der Waals surface area contributed by atoms with E-state index in [1.165, 1.54) is 44.9 Å². The van der Waals surface area contributed by atoms with Crippen molar-refractivity contribution in [2.24, 2.45) is 0 Å². The van der Waals surface area contributed by atoms with E-state index < -0.39 is 10.4 Å². The molecule has 0 bridgehead atoms. The molecule has 0 aliphatic rings. The van der Waals surface area contributed by atoms with Gasteiger partial charge in [-0.3, -0.25) is 4.55 Å². The average Bonchev–Trinajstić information content (AvgIpc) is 2.24. The maximum Gasteiger partial charge on any atom is 0 e. The molecule has 0 saturated carbocycles. The van der Waals surface area contributed by atoms with Gasteiger partial charge in [0.1, 0.15) is 0 Å². The predicted molar refractivity (Wildman–Crippen MR) is 85.0 cm³/mol. The van der Waals surface area contributed by atoms with Crippen molar-refractivity contribution in [2.75, 3.05) is 6.61 Å². The van der Waals surface area contributed by atoms with E-state index in [4.69, 9.17) is 4.55 Å². The molecule has 1 N–H and O–H groups in total. The fraction of sp³-hybridized carbons (Fsp3) is 1.00. The number of unbranched alkanes of at least 4 members (excludes halogenated alkanes) is 9. The smallest absolute Gasteiger partial charge is 0 e. The summed E-state index contributed by atoms with van der Waals surface area (Å²) in [5, 5.41) is 0. The summed E-state index contributed by atoms with van der Waals surface area (Å²) in [4.78, 5) is 0. The Morgan fingerprint density at radius 3 is 1.55 bits per heavy atom. The molecule has 0 rings (SSSR count). The summed E-state index contributed by atoms with van der Waals surface area (Å²) >= 11 is 0. The maximum atomic E-state index is 10.2. The van der Waals surface area contributed by atoms with Gasteiger partial charge in [0, 0.05) is 19.5 Å². The first-order valence-corrected chi connectivity index (χ1v) is 8.04. The molecule has 0 radical (unpaired) electrons. The number of rotatable bonds is 12. The van der Waals surface area contributed by atoms with Crippen molar-refractivity contribution in [2.45, 2.75) is 71.1 Å². The predicted octanol–water partition coefficient (Wildman–Crippen LogP) is 2.16. The minimum absolute atomic E-state index is 0. The summed E-state index contributed by atoms with van der Waals surface area (Å²) in [6.45, 7) is 2.31. The Hall–Kier alpha value is 2.75. The standard InChI is InChI=1S/C12H26O4S.Ca.Na.Zn.3H/c1-2-3-4-5-6-7-8-9-10-11-12-16-17(13,14)15;;;;;;/h2-12H2,1H3,(H,13,14,15);;;;;;. The molecule has 0 saturated heterocycles. The van der Waals surface area contributed by atoms with Gasteiger partial charge in [0.2, 0.25) is 0 Å². The van der Waals surface area contributed by atoms with Gasteiger partial charge in [0.05, 0.1) is 6.61 Å². The van der Waals surface area contributed by atoms with Gasteiger partial charge in [0.25, 0.3) is 0 Å². The molecule has 112 valence electrons. The summed E-state index contributed by atoms with van der Waals surface area (Å²) in [7, 11) is -4.23. The van der Waals surface area contributed by atoms with Crippen molar-refractivity contribution >= 4 is 77.7 Å². The second-order valence-corrected chi connectivity index (χ2v) is 5.52. The van der Waals surface area contributed by atoms with Crippen molar-refractivity contribution in [1.29, 1.82) is 0 Å². The molecule has 0 aliphatic heterocycles. The Bertz CT molecular complexity index is 266. The van der Waals surface area contributed by atoms with Gasteiger partial charge in [-0.2, -0.15) is 8.42 Å². The van der Waals surface area contributed by atoms with E-state index in [-0.39, 0.29) is 93.4 Å². The van der Waals surface area contributed by atoms with Crippen LogP contribution in [0.25, 0.3) is 0 Å². The van der Waals surface area contributed by atoms with Gasteiger partial charge in [-0.05, 0) is 6.42 Å². The van der Waals surface area contributed by atoms with E-state index in [1.807, 2.05) is 0 Å². The van der Waals surface area contributed by atoms with E-state index in [1.54, 1.807) is 0 Å². The summed E-state index contributed by atoms with van der Waals surface area (Å²) in [5.74, 6) is 0. The molecule has 0 spiro atoms. The molecule has 0 fully saturated rings. The molecule has 0 aromatic rings. The Kier molecular flexibility index (Phi) is 33.3. The zero-order valence-electron chi connectivity index (χ0n) is 11.6. The SMILES string of the molecule is CCCCCCCCCCCCOS(=O)(=O)O.[CaH2].[NaH].[Zn]. The second kappa shape index (κ2) is 21.8.